The Morgan fingerprint density at radius 3 is 2.70 bits per heavy atom. The van der Waals surface area contributed by atoms with Crippen LogP contribution in [0.1, 0.15) is 20.8 Å². The van der Waals surface area contributed by atoms with Crippen LogP contribution in [0.3, 0.4) is 0 Å². The Kier molecular flexibility index (Phi) is 5.15. The molecule has 1 unspecified atom stereocenters. The van der Waals surface area contributed by atoms with E-state index in [9.17, 15) is 4.79 Å². The number of para-hydroxylation sites is 1. The average molecular weight is 275 g/mol. The molecule has 1 fully saturated rings. The number of benzene rings is 1. The zero-order chi connectivity index (χ0) is 14.5. The van der Waals surface area contributed by atoms with Crippen molar-refractivity contribution in [2.45, 2.75) is 32.9 Å². The molecule has 110 valence electrons. The minimum atomic E-state index is 0.172. The summed E-state index contributed by atoms with van der Waals surface area (Å²) in [6, 6.07) is 10.6. The minimum Gasteiger partial charge on any atom is -0.312 e. The van der Waals surface area contributed by atoms with Gasteiger partial charge in [0.1, 0.15) is 0 Å². The third kappa shape index (κ3) is 3.81. The van der Waals surface area contributed by atoms with Gasteiger partial charge in [-0.2, -0.15) is 0 Å². The maximum Gasteiger partial charge on any atom is 0.241 e. The predicted molar refractivity (Wildman–Crippen MR) is 83.0 cm³/mol. The highest BCUT2D eigenvalue weighted by Crippen LogP contribution is 2.17. The summed E-state index contributed by atoms with van der Waals surface area (Å²) in [7, 11) is 0. The average Bonchev–Trinajstić information content (AvgIpc) is 2.39. The van der Waals surface area contributed by atoms with Crippen LogP contribution in [0.25, 0.3) is 0 Å². The van der Waals surface area contributed by atoms with Crippen LogP contribution in [0.5, 0.6) is 0 Å². The molecule has 0 aliphatic carbocycles. The lowest BCUT2D eigenvalue weighted by atomic mass is 10.2. The highest BCUT2D eigenvalue weighted by atomic mass is 16.2. The van der Waals surface area contributed by atoms with Crippen molar-refractivity contribution in [3.63, 3.8) is 0 Å². The van der Waals surface area contributed by atoms with Crippen molar-refractivity contribution in [2.75, 3.05) is 31.1 Å². The Morgan fingerprint density at radius 2 is 2.10 bits per heavy atom. The monoisotopic (exact) mass is 275 g/mol. The number of rotatable bonds is 4. The first-order chi connectivity index (χ1) is 9.58. The molecule has 1 saturated heterocycles. The fraction of sp³-hybridized carbons (Fsp3) is 0.562. The van der Waals surface area contributed by atoms with Crippen LogP contribution in [0.2, 0.25) is 0 Å². The summed E-state index contributed by atoms with van der Waals surface area (Å²) in [6.07, 6.45) is 0. The van der Waals surface area contributed by atoms with Crippen molar-refractivity contribution in [1.29, 1.82) is 0 Å². The first kappa shape index (κ1) is 15.0. The van der Waals surface area contributed by atoms with Crippen LogP contribution in [0, 0.1) is 0 Å². The van der Waals surface area contributed by atoms with Crippen molar-refractivity contribution >= 4 is 11.6 Å². The van der Waals surface area contributed by atoms with Gasteiger partial charge in [0, 0.05) is 37.4 Å². The van der Waals surface area contributed by atoms with Gasteiger partial charge in [-0.1, -0.05) is 18.2 Å². The van der Waals surface area contributed by atoms with E-state index >= 15 is 0 Å². The third-order valence-corrected chi connectivity index (χ3v) is 3.63. The molecule has 1 heterocycles. The van der Waals surface area contributed by atoms with Gasteiger partial charge in [0.15, 0.2) is 0 Å². The number of piperazine rings is 1. The molecule has 1 aliphatic rings. The van der Waals surface area contributed by atoms with Gasteiger partial charge < -0.3 is 10.2 Å². The van der Waals surface area contributed by atoms with Gasteiger partial charge in [-0.15, -0.1) is 0 Å². The van der Waals surface area contributed by atoms with Crippen molar-refractivity contribution < 1.29 is 4.79 Å². The molecule has 2 rings (SSSR count). The van der Waals surface area contributed by atoms with Crippen LogP contribution in [-0.4, -0.2) is 49.1 Å². The molecule has 1 atom stereocenters. The summed E-state index contributed by atoms with van der Waals surface area (Å²) in [6.45, 7) is 9.62. The Bertz CT molecular complexity index is 433. The molecule has 1 aliphatic heterocycles. The Balaban J connectivity index is 2.04. The van der Waals surface area contributed by atoms with E-state index < -0.39 is 0 Å². The highest BCUT2D eigenvalue weighted by molar-refractivity contribution is 5.95. The molecule has 1 aromatic rings. The topological polar surface area (TPSA) is 35.6 Å². The zero-order valence-corrected chi connectivity index (χ0v) is 12.7. The molecule has 0 spiro atoms. The summed E-state index contributed by atoms with van der Waals surface area (Å²) >= 11 is 0. The van der Waals surface area contributed by atoms with Crippen LogP contribution >= 0.6 is 0 Å². The summed E-state index contributed by atoms with van der Waals surface area (Å²) in [5, 5.41) is 3.40. The summed E-state index contributed by atoms with van der Waals surface area (Å²) in [5.74, 6) is 0.181. The molecular weight excluding hydrogens is 250 g/mol. The third-order valence-electron chi connectivity index (χ3n) is 3.63. The quantitative estimate of drug-likeness (QED) is 0.909. The molecule has 4 nitrogen and oxygen atoms in total. The molecule has 20 heavy (non-hydrogen) atoms. The van der Waals surface area contributed by atoms with Gasteiger partial charge in [0.2, 0.25) is 5.91 Å². The van der Waals surface area contributed by atoms with Crippen molar-refractivity contribution in [3.8, 4) is 0 Å². The van der Waals surface area contributed by atoms with Crippen molar-refractivity contribution in [3.05, 3.63) is 30.3 Å². The number of hydrogen-bond acceptors (Lipinski definition) is 3. The SMILES string of the molecule is CC1CN(CC(=O)N(c2ccccc2)C(C)C)CCN1. The molecule has 0 saturated carbocycles. The van der Waals surface area contributed by atoms with Gasteiger partial charge in [-0.25, -0.2) is 0 Å². The Labute approximate surface area is 121 Å². The number of carbonyl (C=O) groups excluding carboxylic acids is 1. The summed E-state index contributed by atoms with van der Waals surface area (Å²) in [4.78, 5) is 16.8. The van der Waals surface area contributed by atoms with E-state index in [0.29, 0.717) is 12.6 Å². The molecular formula is C16H25N3O. The van der Waals surface area contributed by atoms with Crippen LogP contribution < -0.4 is 10.2 Å². The van der Waals surface area contributed by atoms with Gasteiger partial charge in [0.25, 0.3) is 0 Å². The number of anilines is 1. The number of amides is 1. The number of hydrogen-bond donors (Lipinski definition) is 1. The smallest absolute Gasteiger partial charge is 0.241 e. The number of nitrogens with one attached hydrogen (secondary N) is 1. The second kappa shape index (κ2) is 6.86. The van der Waals surface area contributed by atoms with E-state index in [1.807, 2.05) is 35.2 Å². The molecule has 0 radical (unpaired) electrons. The normalized spacial score (nSPS) is 20.1. The Morgan fingerprint density at radius 1 is 1.40 bits per heavy atom. The molecule has 1 N–H and O–H groups in total. The first-order valence-electron chi connectivity index (χ1n) is 7.40. The summed E-state index contributed by atoms with van der Waals surface area (Å²) in [5.41, 5.74) is 0.982. The van der Waals surface area contributed by atoms with Gasteiger partial charge in [-0.3, -0.25) is 9.69 Å². The van der Waals surface area contributed by atoms with Gasteiger partial charge >= 0.3 is 0 Å². The van der Waals surface area contributed by atoms with Crippen molar-refractivity contribution in [1.82, 2.24) is 10.2 Å². The Hall–Kier alpha value is -1.39. The van der Waals surface area contributed by atoms with Crippen molar-refractivity contribution in [2.24, 2.45) is 0 Å². The minimum absolute atomic E-state index is 0.172. The summed E-state index contributed by atoms with van der Waals surface area (Å²) < 4.78 is 0. The second-order valence-electron chi connectivity index (χ2n) is 5.78. The predicted octanol–water partition coefficient (Wildman–Crippen LogP) is 1.72. The van der Waals surface area contributed by atoms with E-state index in [2.05, 4.69) is 31.0 Å². The molecule has 1 amide bonds. The standard InChI is InChI=1S/C16H25N3O/c1-13(2)19(15-7-5-4-6-8-15)16(20)12-18-10-9-17-14(3)11-18/h4-8,13-14,17H,9-12H2,1-3H3. The fourth-order valence-corrected chi connectivity index (χ4v) is 2.74. The molecule has 0 bridgehead atoms. The fourth-order valence-electron chi connectivity index (χ4n) is 2.74. The van der Waals surface area contributed by atoms with Gasteiger partial charge in [0.05, 0.1) is 6.54 Å². The molecule has 0 aromatic heterocycles. The van der Waals surface area contributed by atoms with E-state index in [4.69, 9.17) is 0 Å². The van der Waals surface area contributed by atoms with E-state index in [1.54, 1.807) is 0 Å². The van der Waals surface area contributed by atoms with E-state index in [-0.39, 0.29) is 11.9 Å². The lowest BCUT2D eigenvalue weighted by Crippen LogP contribution is -2.53. The maximum absolute atomic E-state index is 12.6. The lowest BCUT2D eigenvalue weighted by Gasteiger charge is -2.34. The molecule has 1 aromatic carbocycles. The van der Waals surface area contributed by atoms with Crippen LogP contribution in [0.15, 0.2) is 30.3 Å². The zero-order valence-electron chi connectivity index (χ0n) is 12.7. The highest BCUT2D eigenvalue weighted by Gasteiger charge is 2.23. The van der Waals surface area contributed by atoms with Crippen LogP contribution in [0.4, 0.5) is 5.69 Å². The first-order valence-corrected chi connectivity index (χ1v) is 7.40. The van der Waals surface area contributed by atoms with E-state index in [1.165, 1.54) is 0 Å². The maximum atomic E-state index is 12.6. The lowest BCUT2D eigenvalue weighted by molar-refractivity contribution is -0.120. The van der Waals surface area contributed by atoms with E-state index in [0.717, 1.165) is 25.3 Å². The largest absolute Gasteiger partial charge is 0.312 e. The molecule has 4 heteroatoms. The van der Waals surface area contributed by atoms with Gasteiger partial charge in [-0.05, 0) is 32.9 Å². The number of nitrogens with zero attached hydrogens (tertiary/aromatic N) is 2. The number of carbonyl (C=O) groups is 1. The van der Waals surface area contributed by atoms with Crippen LogP contribution in [-0.2, 0) is 4.79 Å². The second-order valence-corrected chi connectivity index (χ2v) is 5.78.